The van der Waals surface area contributed by atoms with Crippen LogP contribution in [0.2, 0.25) is 0 Å². The van der Waals surface area contributed by atoms with Crippen molar-refractivity contribution in [1.82, 2.24) is 10.3 Å². The summed E-state index contributed by atoms with van der Waals surface area (Å²) in [4.78, 5) is 4.07. The minimum absolute atomic E-state index is 0.217. The Morgan fingerprint density at radius 2 is 1.86 bits per heavy atom. The van der Waals surface area contributed by atoms with E-state index >= 15 is 0 Å². The van der Waals surface area contributed by atoms with Crippen LogP contribution in [0, 0.1) is 0 Å². The molecule has 1 aromatic heterocycles. The van der Waals surface area contributed by atoms with Gasteiger partial charge in [-0.25, -0.2) is 4.98 Å². The van der Waals surface area contributed by atoms with Gasteiger partial charge in [0.1, 0.15) is 0 Å². The monoisotopic (exact) mass is 314 g/mol. The highest BCUT2D eigenvalue weighted by Crippen LogP contribution is 2.34. The Morgan fingerprint density at radius 1 is 1.14 bits per heavy atom. The van der Waals surface area contributed by atoms with E-state index in [0.29, 0.717) is 24.4 Å². The number of alkyl halides is 3. The summed E-state index contributed by atoms with van der Waals surface area (Å²) in [6.07, 6.45) is -3.15. The van der Waals surface area contributed by atoms with Gasteiger partial charge >= 0.3 is 6.18 Å². The highest BCUT2D eigenvalue weighted by atomic mass is 32.1. The van der Waals surface area contributed by atoms with Gasteiger partial charge in [0, 0.05) is 13.0 Å². The van der Waals surface area contributed by atoms with E-state index in [0.717, 1.165) is 16.9 Å². The van der Waals surface area contributed by atoms with E-state index in [1.807, 2.05) is 37.3 Å². The molecule has 2 rings (SSSR count). The van der Waals surface area contributed by atoms with Crippen molar-refractivity contribution in [2.45, 2.75) is 32.5 Å². The molecule has 2 nitrogen and oxygen atoms in total. The number of benzene rings is 1. The van der Waals surface area contributed by atoms with Crippen LogP contribution in [0.3, 0.4) is 0 Å². The summed E-state index contributed by atoms with van der Waals surface area (Å²) in [6, 6.07) is 9.71. The molecular formula is C15H17F3N2S. The third-order valence-electron chi connectivity index (χ3n) is 3.02. The number of rotatable bonds is 6. The van der Waals surface area contributed by atoms with E-state index < -0.39 is 11.9 Å². The minimum Gasteiger partial charge on any atom is -0.312 e. The maximum absolute atomic E-state index is 13.0. The molecule has 2 aromatic rings. The van der Waals surface area contributed by atoms with E-state index in [1.165, 1.54) is 0 Å². The van der Waals surface area contributed by atoms with Crippen LogP contribution in [0.4, 0.5) is 13.2 Å². The molecule has 0 aliphatic carbocycles. The number of halogens is 3. The Bertz CT molecular complexity index is 564. The maximum Gasteiger partial charge on any atom is 0.434 e. The second-order valence-electron chi connectivity index (χ2n) is 4.64. The molecule has 0 spiro atoms. The lowest BCUT2D eigenvalue weighted by Crippen LogP contribution is -2.15. The van der Waals surface area contributed by atoms with Crippen molar-refractivity contribution >= 4 is 11.3 Å². The lowest BCUT2D eigenvalue weighted by atomic mass is 10.1. The van der Waals surface area contributed by atoms with Gasteiger partial charge < -0.3 is 5.32 Å². The van der Waals surface area contributed by atoms with Crippen molar-refractivity contribution in [3.05, 3.63) is 51.5 Å². The summed E-state index contributed by atoms with van der Waals surface area (Å²) in [5.74, 6) is 0. The van der Waals surface area contributed by atoms with E-state index in [9.17, 15) is 13.2 Å². The molecule has 0 radical (unpaired) electrons. The molecular weight excluding hydrogens is 297 g/mol. The van der Waals surface area contributed by atoms with Crippen LogP contribution in [-0.4, -0.2) is 11.5 Å². The highest BCUT2D eigenvalue weighted by Gasteiger charge is 2.37. The maximum atomic E-state index is 13.0. The Labute approximate surface area is 126 Å². The third kappa shape index (κ3) is 4.54. The fraction of sp³-hybridized carbons (Fsp3) is 0.400. The highest BCUT2D eigenvalue weighted by molar-refractivity contribution is 7.11. The zero-order valence-corrected chi connectivity index (χ0v) is 12.5. The molecule has 0 bridgehead atoms. The molecule has 0 saturated carbocycles. The first-order chi connectivity index (χ1) is 10.0. The van der Waals surface area contributed by atoms with E-state index in [4.69, 9.17) is 0 Å². The summed E-state index contributed by atoms with van der Waals surface area (Å²) < 4.78 is 38.9. The Morgan fingerprint density at radius 3 is 2.48 bits per heavy atom. The van der Waals surface area contributed by atoms with Gasteiger partial charge in [0.15, 0.2) is 5.69 Å². The fourth-order valence-electron chi connectivity index (χ4n) is 1.98. The second-order valence-corrected chi connectivity index (χ2v) is 5.81. The minimum atomic E-state index is -4.38. The summed E-state index contributed by atoms with van der Waals surface area (Å²) >= 11 is 1.15. The van der Waals surface area contributed by atoms with Crippen LogP contribution < -0.4 is 5.32 Å². The number of aryl methyl sites for hydroxylation is 2. The van der Waals surface area contributed by atoms with Gasteiger partial charge in [-0.15, -0.1) is 11.3 Å². The Kier molecular flexibility index (Phi) is 5.36. The molecule has 0 atom stereocenters. The molecule has 0 fully saturated rings. The van der Waals surface area contributed by atoms with Crippen LogP contribution in [0.5, 0.6) is 0 Å². The SMILES string of the molecule is CCNCc1sc(CCc2ccccc2)nc1C(F)(F)F. The summed E-state index contributed by atoms with van der Waals surface area (Å²) in [6.45, 7) is 2.72. The van der Waals surface area contributed by atoms with E-state index in [2.05, 4.69) is 10.3 Å². The predicted octanol–water partition coefficient (Wildman–Crippen LogP) is 4.06. The van der Waals surface area contributed by atoms with Crippen LogP contribution >= 0.6 is 11.3 Å². The summed E-state index contributed by atoms with van der Waals surface area (Å²) in [5, 5.41) is 3.48. The molecule has 1 N–H and O–H groups in total. The van der Waals surface area contributed by atoms with Crippen molar-refractivity contribution in [2.24, 2.45) is 0 Å². The summed E-state index contributed by atoms with van der Waals surface area (Å²) in [7, 11) is 0. The topological polar surface area (TPSA) is 24.9 Å². The molecule has 0 saturated heterocycles. The van der Waals surface area contributed by atoms with Gasteiger partial charge in [0.25, 0.3) is 0 Å². The standard InChI is InChI=1S/C15H17F3N2S/c1-2-19-10-12-14(15(16,17)18)20-13(21-12)9-8-11-6-4-3-5-7-11/h3-7,19H,2,8-10H2,1H3. The smallest absolute Gasteiger partial charge is 0.312 e. The second kappa shape index (κ2) is 7.04. The number of hydrogen-bond acceptors (Lipinski definition) is 3. The fourth-order valence-corrected chi connectivity index (χ4v) is 3.04. The van der Waals surface area contributed by atoms with Gasteiger partial charge in [-0.3, -0.25) is 0 Å². The van der Waals surface area contributed by atoms with Crippen molar-refractivity contribution < 1.29 is 13.2 Å². The molecule has 1 aromatic carbocycles. The quantitative estimate of drug-likeness (QED) is 0.870. The number of aromatic nitrogens is 1. The van der Waals surface area contributed by atoms with Gasteiger partial charge in [0.05, 0.1) is 9.88 Å². The van der Waals surface area contributed by atoms with Crippen molar-refractivity contribution in [1.29, 1.82) is 0 Å². The Balaban J connectivity index is 2.11. The van der Waals surface area contributed by atoms with Gasteiger partial charge in [-0.1, -0.05) is 37.3 Å². The average Bonchev–Trinajstić information content (AvgIpc) is 2.87. The van der Waals surface area contributed by atoms with Crippen molar-refractivity contribution in [3.63, 3.8) is 0 Å². The molecule has 114 valence electrons. The van der Waals surface area contributed by atoms with Gasteiger partial charge in [-0.05, 0) is 18.5 Å². The number of hydrogen-bond donors (Lipinski definition) is 1. The first-order valence-electron chi connectivity index (χ1n) is 6.81. The van der Waals surface area contributed by atoms with Gasteiger partial charge in [-0.2, -0.15) is 13.2 Å². The zero-order valence-electron chi connectivity index (χ0n) is 11.7. The van der Waals surface area contributed by atoms with Crippen molar-refractivity contribution in [2.75, 3.05) is 6.54 Å². The van der Waals surface area contributed by atoms with E-state index in [-0.39, 0.29) is 11.4 Å². The Hall–Kier alpha value is -1.40. The average molecular weight is 314 g/mol. The van der Waals surface area contributed by atoms with Gasteiger partial charge in [0.2, 0.25) is 0 Å². The van der Waals surface area contributed by atoms with Crippen LogP contribution in [0.15, 0.2) is 30.3 Å². The predicted molar refractivity (Wildman–Crippen MR) is 78.3 cm³/mol. The molecule has 0 unspecified atom stereocenters. The van der Waals surface area contributed by atoms with Crippen LogP contribution in [0.25, 0.3) is 0 Å². The van der Waals surface area contributed by atoms with Crippen LogP contribution in [0.1, 0.15) is 28.1 Å². The third-order valence-corrected chi connectivity index (χ3v) is 4.13. The lowest BCUT2D eigenvalue weighted by Gasteiger charge is -2.05. The molecule has 0 aliphatic rings. The van der Waals surface area contributed by atoms with E-state index in [1.54, 1.807) is 0 Å². The summed E-state index contributed by atoms with van der Waals surface area (Å²) in [5.41, 5.74) is 0.367. The molecule has 6 heteroatoms. The largest absolute Gasteiger partial charge is 0.434 e. The lowest BCUT2D eigenvalue weighted by molar-refractivity contribution is -0.141. The number of nitrogens with one attached hydrogen (secondary N) is 1. The molecule has 0 amide bonds. The normalized spacial score (nSPS) is 11.8. The number of nitrogens with zero attached hydrogens (tertiary/aromatic N) is 1. The molecule has 21 heavy (non-hydrogen) atoms. The first kappa shape index (κ1) is 16.0. The first-order valence-corrected chi connectivity index (χ1v) is 7.62. The molecule has 1 heterocycles. The zero-order chi connectivity index (χ0) is 15.3. The number of thiazole rings is 1. The molecule has 0 aliphatic heterocycles. The van der Waals surface area contributed by atoms with Crippen molar-refractivity contribution in [3.8, 4) is 0 Å². The van der Waals surface area contributed by atoms with Crippen LogP contribution in [-0.2, 0) is 25.6 Å².